The van der Waals surface area contributed by atoms with Gasteiger partial charge in [-0.3, -0.25) is 4.79 Å². The van der Waals surface area contributed by atoms with Crippen molar-refractivity contribution >= 4 is 41.3 Å². The first-order valence-corrected chi connectivity index (χ1v) is 13.1. The Morgan fingerprint density at radius 1 is 1.24 bits per heavy atom. The lowest BCUT2D eigenvalue weighted by molar-refractivity contribution is -0.129. The highest BCUT2D eigenvalue weighted by Gasteiger charge is 2.45. The number of aromatic nitrogens is 2. The molecule has 1 aliphatic heterocycles. The summed E-state index contributed by atoms with van der Waals surface area (Å²) in [6.07, 6.45) is 3.75. The Hall–Kier alpha value is -3.37. The van der Waals surface area contributed by atoms with Gasteiger partial charge in [-0.15, -0.1) is 0 Å². The summed E-state index contributed by atoms with van der Waals surface area (Å²) in [7, 11) is 1.79. The zero-order chi connectivity index (χ0) is 27.9. The molecule has 1 aromatic heterocycles. The fourth-order valence-electron chi connectivity index (χ4n) is 4.51. The molecule has 1 aliphatic rings. The molecular formula is C27H38ClN7O3. The number of alkyl carbamates (subject to hydrolysis) is 1. The van der Waals surface area contributed by atoms with Crippen LogP contribution >= 0.6 is 11.6 Å². The molecule has 2 aromatic rings. The largest absolute Gasteiger partial charge is 0.444 e. The van der Waals surface area contributed by atoms with Crippen LogP contribution in [0.4, 0.5) is 16.4 Å². The lowest BCUT2D eigenvalue weighted by atomic mass is 9.85. The van der Waals surface area contributed by atoms with E-state index in [0.717, 1.165) is 11.1 Å². The zero-order valence-corrected chi connectivity index (χ0v) is 23.3. The van der Waals surface area contributed by atoms with Gasteiger partial charge < -0.3 is 31.3 Å². The van der Waals surface area contributed by atoms with Gasteiger partial charge in [0.2, 0.25) is 5.91 Å². The van der Waals surface area contributed by atoms with Crippen molar-refractivity contribution in [3.63, 3.8) is 0 Å². The maximum atomic E-state index is 13.9. The lowest BCUT2D eigenvalue weighted by Gasteiger charge is -2.42. The number of halogens is 1. The van der Waals surface area contributed by atoms with Gasteiger partial charge in [0.1, 0.15) is 29.1 Å². The Kier molecular flexibility index (Phi) is 9.56. The van der Waals surface area contributed by atoms with Crippen LogP contribution in [0.1, 0.15) is 57.2 Å². The summed E-state index contributed by atoms with van der Waals surface area (Å²) in [4.78, 5) is 37.6. The number of nitrogens with two attached hydrogens (primary N) is 1. The van der Waals surface area contributed by atoms with Crippen LogP contribution in [0.5, 0.6) is 0 Å². The molecule has 2 heterocycles. The van der Waals surface area contributed by atoms with E-state index < -0.39 is 17.2 Å². The molecule has 1 fully saturated rings. The van der Waals surface area contributed by atoms with Gasteiger partial charge in [-0.05, 0) is 64.3 Å². The highest BCUT2D eigenvalue weighted by Crippen LogP contribution is 2.31. The fraction of sp³-hybridized carbons (Fsp3) is 0.481. The van der Waals surface area contributed by atoms with E-state index >= 15 is 0 Å². The van der Waals surface area contributed by atoms with Gasteiger partial charge in [0.15, 0.2) is 0 Å². The van der Waals surface area contributed by atoms with Crippen molar-refractivity contribution < 1.29 is 14.3 Å². The van der Waals surface area contributed by atoms with Gasteiger partial charge in [0.05, 0.1) is 11.6 Å². The molecule has 1 atom stereocenters. The second-order valence-corrected chi connectivity index (χ2v) is 10.7. The van der Waals surface area contributed by atoms with Crippen molar-refractivity contribution in [2.45, 2.75) is 57.2 Å². The van der Waals surface area contributed by atoms with Gasteiger partial charge in [0, 0.05) is 25.2 Å². The molecule has 11 heteroatoms. The van der Waals surface area contributed by atoms with Crippen LogP contribution in [0.3, 0.4) is 0 Å². The molecule has 38 heavy (non-hydrogen) atoms. The first-order chi connectivity index (χ1) is 18.0. The van der Waals surface area contributed by atoms with Crippen LogP contribution in [0, 0.1) is 0 Å². The van der Waals surface area contributed by atoms with Gasteiger partial charge >= 0.3 is 6.09 Å². The van der Waals surface area contributed by atoms with Crippen molar-refractivity contribution in [1.29, 1.82) is 0 Å². The summed E-state index contributed by atoms with van der Waals surface area (Å²) in [5, 5.41) is 9.69. The predicted molar refractivity (Wildman–Crippen MR) is 151 cm³/mol. The van der Waals surface area contributed by atoms with E-state index in [9.17, 15) is 9.59 Å². The van der Waals surface area contributed by atoms with Crippen molar-refractivity contribution in [3.05, 3.63) is 53.3 Å². The number of rotatable bonds is 9. The first kappa shape index (κ1) is 29.2. The van der Waals surface area contributed by atoms with E-state index in [1.165, 1.54) is 6.33 Å². The normalized spacial score (nSPS) is 15.8. The minimum atomic E-state index is -1.19. The van der Waals surface area contributed by atoms with Crippen molar-refractivity contribution in [1.82, 2.24) is 20.6 Å². The van der Waals surface area contributed by atoms with Gasteiger partial charge in [0.25, 0.3) is 0 Å². The third kappa shape index (κ3) is 7.14. The second kappa shape index (κ2) is 12.4. The molecule has 0 radical (unpaired) electrons. The van der Waals surface area contributed by atoms with E-state index in [-0.39, 0.29) is 11.9 Å². The summed E-state index contributed by atoms with van der Waals surface area (Å²) < 4.78 is 5.52. The van der Waals surface area contributed by atoms with Crippen molar-refractivity contribution in [2.24, 2.45) is 5.73 Å². The maximum Gasteiger partial charge on any atom is 0.408 e. The molecule has 3 rings (SSSR count). The topological polar surface area (TPSA) is 135 Å². The highest BCUT2D eigenvalue weighted by molar-refractivity contribution is 6.30. The van der Waals surface area contributed by atoms with Crippen molar-refractivity contribution in [2.75, 3.05) is 36.9 Å². The van der Waals surface area contributed by atoms with Crippen LogP contribution in [0.15, 0.2) is 37.2 Å². The number of carbonyl (C=O) groups excluding carboxylic acids is 2. The molecule has 1 aromatic carbocycles. The third-order valence-corrected chi connectivity index (χ3v) is 6.68. The van der Waals surface area contributed by atoms with E-state index in [1.807, 2.05) is 12.1 Å². The monoisotopic (exact) mass is 543 g/mol. The number of piperidine rings is 1. The van der Waals surface area contributed by atoms with E-state index in [1.54, 1.807) is 46.0 Å². The summed E-state index contributed by atoms with van der Waals surface area (Å²) >= 11 is 6.06. The predicted octanol–water partition coefficient (Wildman–Crippen LogP) is 3.88. The number of carbonyl (C=O) groups is 2. The molecule has 1 unspecified atom stereocenters. The molecule has 0 bridgehead atoms. The summed E-state index contributed by atoms with van der Waals surface area (Å²) in [6, 6.07) is 6.94. The highest BCUT2D eigenvalue weighted by atomic mass is 35.5. The Balaban J connectivity index is 1.87. The van der Waals surface area contributed by atoms with Crippen LogP contribution in [-0.4, -0.2) is 59.8 Å². The Morgan fingerprint density at radius 2 is 1.89 bits per heavy atom. The minimum Gasteiger partial charge on any atom is -0.444 e. The van der Waals surface area contributed by atoms with Crippen LogP contribution in [0.25, 0.3) is 6.08 Å². The summed E-state index contributed by atoms with van der Waals surface area (Å²) in [5.74, 6) is 1.09. The van der Waals surface area contributed by atoms with Gasteiger partial charge in [-0.2, -0.15) is 0 Å². The molecule has 0 aliphatic carbocycles. The Morgan fingerprint density at radius 3 is 2.45 bits per heavy atom. The number of benzene rings is 1. The molecular weight excluding hydrogens is 506 g/mol. The number of nitrogens with one attached hydrogen (secondary N) is 3. The maximum absolute atomic E-state index is 13.9. The smallest absolute Gasteiger partial charge is 0.408 e. The molecule has 5 N–H and O–H groups in total. The molecule has 0 spiro atoms. The Bertz CT molecular complexity index is 1130. The van der Waals surface area contributed by atoms with E-state index in [4.69, 9.17) is 22.1 Å². The van der Waals surface area contributed by atoms with Crippen LogP contribution in [0.2, 0.25) is 5.02 Å². The van der Waals surface area contributed by atoms with E-state index in [2.05, 4.69) is 37.4 Å². The molecule has 206 valence electrons. The number of nitrogens with zero attached hydrogens (tertiary/aromatic N) is 3. The number of hydrogen-bond acceptors (Lipinski definition) is 8. The minimum absolute atomic E-state index is 0.293. The number of hydrogen-bond donors (Lipinski definition) is 4. The SMILES string of the molecule is C=Cc1c(NC)ncnc1N1CCC(NC(=O)OC(C)(C)C)(C(=O)NC(CCN)c2ccc(Cl)cc2)CC1. The second-order valence-electron chi connectivity index (χ2n) is 10.3. The standard InChI is InChI=1S/C27H38ClN7O3/c1-6-20-22(30-5)31-17-32-23(20)35-15-12-27(13-16-35,34-25(37)38-26(2,3)4)24(36)33-21(11-14-29)18-7-9-19(28)10-8-18/h6-10,17,21H,1,11-16,29H2,2-5H3,(H,33,36)(H,34,37)(H,30,31,32). The average molecular weight is 544 g/mol. The molecule has 0 saturated carbocycles. The molecule has 2 amide bonds. The van der Waals surface area contributed by atoms with Crippen LogP contribution < -0.4 is 26.6 Å². The van der Waals surface area contributed by atoms with Crippen LogP contribution in [-0.2, 0) is 9.53 Å². The summed E-state index contributed by atoms with van der Waals surface area (Å²) in [6.45, 7) is 10.6. The molecule has 10 nitrogen and oxygen atoms in total. The average Bonchev–Trinajstić information content (AvgIpc) is 2.87. The van der Waals surface area contributed by atoms with Gasteiger partial charge in [-0.25, -0.2) is 14.8 Å². The zero-order valence-electron chi connectivity index (χ0n) is 22.5. The number of ether oxygens (including phenoxy) is 1. The fourth-order valence-corrected chi connectivity index (χ4v) is 4.64. The lowest BCUT2D eigenvalue weighted by Crippen LogP contribution is -2.64. The third-order valence-electron chi connectivity index (χ3n) is 6.43. The quantitative estimate of drug-likeness (QED) is 0.374. The van der Waals surface area contributed by atoms with Gasteiger partial charge in [-0.1, -0.05) is 36.4 Å². The summed E-state index contributed by atoms with van der Waals surface area (Å²) in [5.41, 5.74) is 5.63. The number of amides is 2. The van der Waals surface area contributed by atoms with Crippen molar-refractivity contribution in [3.8, 4) is 0 Å². The number of anilines is 2. The first-order valence-electron chi connectivity index (χ1n) is 12.7. The molecule has 1 saturated heterocycles. The van der Waals surface area contributed by atoms with E-state index in [0.29, 0.717) is 55.6 Å². The Labute approximate surface area is 229 Å².